The molecule has 28 heavy (non-hydrogen) atoms. The zero-order valence-corrected chi connectivity index (χ0v) is 16.9. The van der Waals surface area contributed by atoms with E-state index < -0.39 is 0 Å². The van der Waals surface area contributed by atoms with E-state index in [4.69, 9.17) is 4.74 Å². The Balaban J connectivity index is 1.23. The third-order valence-corrected chi connectivity index (χ3v) is 5.75. The monoisotopic (exact) mass is 382 g/mol. The molecule has 1 amide bonds. The van der Waals surface area contributed by atoms with Crippen molar-refractivity contribution in [2.75, 3.05) is 19.6 Å². The molecule has 1 N–H and O–H groups in total. The maximum Gasteiger partial charge on any atom is 0.239 e. The molecule has 0 bridgehead atoms. The minimum Gasteiger partial charge on any atom is -0.487 e. The maximum atomic E-state index is 12.0. The molecule has 0 spiro atoms. The molecule has 2 aromatic rings. The summed E-state index contributed by atoms with van der Waals surface area (Å²) in [5.74, 6) is 1.71. The summed E-state index contributed by atoms with van der Waals surface area (Å²) in [5, 5.41) is 3.07. The van der Waals surface area contributed by atoms with E-state index in [0.717, 1.165) is 51.2 Å². The van der Waals surface area contributed by atoms with E-state index >= 15 is 0 Å². The van der Waals surface area contributed by atoms with Crippen molar-refractivity contribution in [1.82, 2.24) is 19.8 Å². The third kappa shape index (κ3) is 4.55. The van der Waals surface area contributed by atoms with Crippen LogP contribution in [0.4, 0.5) is 0 Å². The van der Waals surface area contributed by atoms with E-state index in [2.05, 4.69) is 47.2 Å². The molecule has 1 aromatic heterocycles. The number of aromatic nitrogens is 2. The van der Waals surface area contributed by atoms with Crippen LogP contribution < -0.4 is 10.1 Å². The molecule has 4 rings (SSSR count). The Kier molecular flexibility index (Phi) is 5.40. The lowest BCUT2D eigenvalue weighted by Gasteiger charge is -2.32. The van der Waals surface area contributed by atoms with Crippen LogP contribution in [0.15, 0.2) is 36.9 Å². The van der Waals surface area contributed by atoms with Gasteiger partial charge < -0.3 is 14.6 Å². The molecule has 0 radical (unpaired) electrons. The molecular weight excluding hydrogens is 352 g/mol. The molecule has 6 nitrogen and oxygen atoms in total. The van der Waals surface area contributed by atoms with Gasteiger partial charge in [-0.3, -0.25) is 9.69 Å². The number of amides is 1. The Morgan fingerprint density at radius 1 is 1.32 bits per heavy atom. The number of likely N-dealkylation sites (tertiary alicyclic amines) is 1. The van der Waals surface area contributed by atoms with E-state index in [1.165, 1.54) is 11.1 Å². The minimum atomic E-state index is -0.0969. The first-order valence-electron chi connectivity index (χ1n) is 10.2. The first-order valence-corrected chi connectivity index (χ1v) is 10.2. The van der Waals surface area contributed by atoms with Crippen molar-refractivity contribution < 1.29 is 9.53 Å². The van der Waals surface area contributed by atoms with Gasteiger partial charge in [-0.05, 0) is 51.3 Å². The number of rotatable bonds is 6. The van der Waals surface area contributed by atoms with E-state index in [-0.39, 0.29) is 11.5 Å². The van der Waals surface area contributed by atoms with Crippen LogP contribution in [0.5, 0.6) is 5.75 Å². The summed E-state index contributed by atoms with van der Waals surface area (Å²) in [6.07, 6.45) is 8.39. The normalized spacial score (nSPS) is 19.2. The molecule has 6 heteroatoms. The number of hydrogen-bond donors (Lipinski definition) is 1. The quantitative estimate of drug-likeness (QED) is 0.834. The van der Waals surface area contributed by atoms with Crippen LogP contribution in [0.2, 0.25) is 0 Å². The van der Waals surface area contributed by atoms with E-state index in [1.54, 1.807) is 17.1 Å². The van der Waals surface area contributed by atoms with Gasteiger partial charge in [0, 0.05) is 37.5 Å². The second-order valence-electron chi connectivity index (χ2n) is 8.70. The number of carbonyl (C=O) groups is 1. The Bertz CT molecular complexity index is 808. The Hall–Kier alpha value is -2.34. The second-order valence-corrected chi connectivity index (χ2v) is 8.70. The Labute approximate surface area is 166 Å². The molecule has 1 saturated heterocycles. The number of nitrogens with zero attached hydrogens (tertiary/aromatic N) is 3. The predicted octanol–water partition coefficient (Wildman–Crippen LogP) is 2.62. The molecule has 0 atom stereocenters. The number of imidazole rings is 1. The molecule has 1 fully saturated rings. The summed E-state index contributed by atoms with van der Waals surface area (Å²) >= 11 is 0. The van der Waals surface area contributed by atoms with Gasteiger partial charge in [-0.2, -0.15) is 0 Å². The standard InChI is InChI=1S/C22H30N4O2/c1-22(2)12-18-4-3-5-19(21(18)28-22)14-25-9-6-17(7-10-25)13-24-20(27)15-26-11-8-23-16-26/h3-5,8,11,16-17H,6-7,9-10,12-15H2,1-2H3,(H,24,27). The molecule has 150 valence electrons. The molecular formula is C22H30N4O2. The molecule has 3 heterocycles. The van der Waals surface area contributed by atoms with Crippen LogP contribution in [0.25, 0.3) is 0 Å². The number of para-hydroxylation sites is 1. The molecule has 1 aromatic carbocycles. The number of fused-ring (bicyclic) bond motifs is 1. The lowest BCUT2D eigenvalue weighted by molar-refractivity contribution is -0.121. The van der Waals surface area contributed by atoms with Crippen molar-refractivity contribution in [3.05, 3.63) is 48.0 Å². The van der Waals surface area contributed by atoms with Gasteiger partial charge in [-0.25, -0.2) is 4.98 Å². The SMILES string of the molecule is CC1(C)Cc2cccc(CN3CCC(CNC(=O)Cn4ccnc4)CC3)c2O1. The fraction of sp³-hybridized carbons (Fsp3) is 0.545. The topological polar surface area (TPSA) is 59.4 Å². The summed E-state index contributed by atoms with van der Waals surface area (Å²) in [5.41, 5.74) is 2.54. The fourth-order valence-corrected chi connectivity index (χ4v) is 4.25. The van der Waals surface area contributed by atoms with Gasteiger partial charge >= 0.3 is 0 Å². The van der Waals surface area contributed by atoms with Gasteiger partial charge in [0.25, 0.3) is 0 Å². The highest BCUT2D eigenvalue weighted by molar-refractivity contribution is 5.75. The van der Waals surface area contributed by atoms with Crippen molar-refractivity contribution >= 4 is 5.91 Å². The van der Waals surface area contributed by atoms with Crippen molar-refractivity contribution in [3.63, 3.8) is 0 Å². The van der Waals surface area contributed by atoms with Gasteiger partial charge in [0.2, 0.25) is 5.91 Å². The number of piperidine rings is 1. The Morgan fingerprint density at radius 3 is 2.89 bits per heavy atom. The number of carbonyl (C=O) groups excluding carboxylic acids is 1. The third-order valence-electron chi connectivity index (χ3n) is 5.75. The van der Waals surface area contributed by atoms with Crippen LogP contribution in [-0.4, -0.2) is 45.6 Å². The molecule has 0 saturated carbocycles. The number of nitrogens with one attached hydrogen (secondary N) is 1. The number of hydrogen-bond acceptors (Lipinski definition) is 4. The predicted molar refractivity (Wildman–Crippen MR) is 108 cm³/mol. The highest BCUT2D eigenvalue weighted by Crippen LogP contribution is 2.38. The van der Waals surface area contributed by atoms with Crippen LogP contribution in [-0.2, 0) is 24.3 Å². The Morgan fingerprint density at radius 2 is 2.14 bits per heavy atom. The van der Waals surface area contributed by atoms with Gasteiger partial charge in [0.15, 0.2) is 0 Å². The summed E-state index contributed by atoms with van der Waals surface area (Å²) in [7, 11) is 0. The summed E-state index contributed by atoms with van der Waals surface area (Å²) in [6, 6.07) is 6.54. The lowest BCUT2D eigenvalue weighted by atomic mass is 9.96. The first kappa shape index (κ1) is 19.0. The average Bonchev–Trinajstić information content (AvgIpc) is 3.27. The van der Waals surface area contributed by atoms with E-state index in [1.807, 2.05) is 6.20 Å². The molecule has 0 unspecified atom stereocenters. The maximum absolute atomic E-state index is 12.0. The largest absolute Gasteiger partial charge is 0.487 e. The average molecular weight is 383 g/mol. The number of benzene rings is 1. The van der Waals surface area contributed by atoms with Gasteiger partial charge in [-0.1, -0.05) is 18.2 Å². The second kappa shape index (κ2) is 7.95. The zero-order valence-electron chi connectivity index (χ0n) is 16.9. The van der Waals surface area contributed by atoms with Crippen molar-refractivity contribution in [1.29, 1.82) is 0 Å². The summed E-state index contributed by atoms with van der Waals surface area (Å²) in [4.78, 5) is 18.5. The van der Waals surface area contributed by atoms with E-state index in [9.17, 15) is 4.79 Å². The van der Waals surface area contributed by atoms with E-state index in [0.29, 0.717) is 12.5 Å². The van der Waals surface area contributed by atoms with Crippen molar-refractivity contribution in [2.24, 2.45) is 5.92 Å². The zero-order chi connectivity index (χ0) is 19.6. The highest BCUT2D eigenvalue weighted by atomic mass is 16.5. The smallest absolute Gasteiger partial charge is 0.239 e. The van der Waals surface area contributed by atoms with Crippen LogP contribution in [0.1, 0.15) is 37.8 Å². The van der Waals surface area contributed by atoms with Gasteiger partial charge in [-0.15, -0.1) is 0 Å². The first-order chi connectivity index (χ1) is 13.5. The molecule has 2 aliphatic rings. The number of ether oxygens (including phenoxy) is 1. The highest BCUT2D eigenvalue weighted by Gasteiger charge is 2.32. The fourth-order valence-electron chi connectivity index (χ4n) is 4.25. The summed E-state index contributed by atoms with van der Waals surface area (Å²) in [6.45, 7) is 8.49. The van der Waals surface area contributed by atoms with Crippen molar-refractivity contribution in [3.8, 4) is 5.75 Å². The van der Waals surface area contributed by atoms with Gasteiger partial charge in [0.1, 0.15) is 17.9 Å². The van der Waals surface area contributed by atoms with Gasteiger partial charge in [0.05, 0.1) is 6.33 Å². The minimum absolute atomic E-state index is 0.0556. The molecule has 2 aliphatic heterocycles. The lowest BCUT2D eigenvalue weighted by Crippen LogP contribution is -2.39. The van der Waals surface area contributed by atoms with Crippen LogP contribution >= 0.6 is 0 Å². The van der Waals surface area contributed by atoms with Crippen LogP contribution in [0.3, 0.4) is 0 Å². The molecule has 0 aliphatic carbocycles. The summed E-state index contributed by atoms with van der Waals surface area (Å²) < 4.78 is 8.01. The van der Waals surface area contributed by atoms with Crippen LogP contribution in [0, 0.1) is 5.92 Å². The van der Waals surface area contributed by atoms with Crippen molar-refractivity contribution in [2.45, 2.75) is 51.8 Å².